The fourth-order valence-corrected chi connectivity index (χ4v) is 1.06. The minimum absolute atomic E-state index is 0.245. The zero-order chi connectivity index (χ0) is 8.10. The highest BCUT2D eigenvalue weighted by atomic mass is 16.3. The van der Waals surface area contributed by atoms with Crippen molar-refractivity contribution in [2.75, 3.05) is 13.1 Å². The Bertz CT molecular complexity index is 170. The molecule has 1 atom stereocenters. The molecule has 0 aromatic heterocycles. The SMILES string of the molecule is CC(O)CNCC1=CC=CC1. The molecule has 2 heteroatoms. The van der Waals surface area contributed by atoms with Crippen LogP contribution in [0.5, 0.6) is 0 Å². The summed E-state index contributed by atoms with van der Waals surface area (Å²) < 4.78 is 0. The van der Waals surface area contributed by atoms with E-state index in [0.29, 0.717) is 6.54 Å². The van der Waals surface area contributed by atoms with Gasteiger partial charge in [0.15, 0.2) is 0 Å². The third kappa shape index (κ3) is 3.35. The van der Waals surface area contributed by atoms with Crippen LogP contribution < -0.4 is 5.32 Å². The molecular weight excluding hydrogens is 138 g/mol. The first-order valence-electron chi connectivity index (χ1n) is 4.02. The fraction of sp³-hybridized carbons (Fsp3) is 0.556. The van der Waals surface area contributed by atoms with E-state index in [1.807, 2.05) is 0 Å². The van der Waals surface area contributed by atoms with Gasteiger partial charge in [0.1, 0.15) is 0 Å². The molecule has 1 rings (SSSR count). The maximum Gasteiger partial charge on any atom is 0.0636 e. The maximum absolute atomic E-state index is 8.93. The van der Waals surface area contributed by atoms with E-state index in [1.54, 1.807) is 6.92 Å². The van der Waals surface area contributed by atoms with Crippen LogP contribution in [-0.4, -0.2) is 24.3 Å². The molecule has 1 aliphatic rings. The molecule has 11 heavy (non-hydrogen) atoms. The molecule has 0 aliphatic heterocycles. The van der Waals surface area contributed by atoms with Crippen LogP contribution >= 0.6 is 0 Å². The van der Waals surface area contributed by atoms with Gasteiger partial charge in [-0.2, -0.15) is 0 Å². The fourth-order valence-electron chi connectivity index (χ4n) is 1.06. The summed E-state index contributed by atoms with van der Waals surface area (Å²) in [7, 11) is 0. The number of nitrogens with one attached hydrogen (secondary N) is 1. The zero-order valence-corrected chi connectivity index (χ0v) is 6.88. The van der Waals surface area contributed by atoms with Gasteiger partial charge in [0, 0.05) is 13.1 Å². The summed E-state index contributed by atoms with van der Waals surface area (Å²) in [5.74, 6) is 0. The molecule has 0 aromatic rings. The van der Waals surface area contributed by atoms with Crippen LogP contribution in [0.4, 0.5) is 0 Å². The van der Waals surface area contributed by atoms with Crippen molar-refractivity contribution in [1.82, 2.24) is 5.32 Å². The number of allylic oxidation sites excluding steroid dienone is 3. The molecule has 0 radical (unpaired) electrons. The van der Waals surface area contributed by atoms with Crippen molar-refractivity contribution in [3.8, 4) is 0 Å². The Morgan fingerprint density at radius 1 is 1.73 bits per heavy atom. The molecule has 0 heterocycles. The highest BCUT2D eigenvalue weighted by molar-refractivity contribution is 5.23. The van der Waals surface area contributed by atoms with Gasteiger partial charge in [-0.15, -0.1) is 0 Å². The predicted molar refractivity (Wildman–Crippen MR) is 46.4 cm³/mol. The van der Waals surface area contributed by atoms with Crippen molar-refractivity contribution in [2.45, 2.75) is 19.4 Å². The van der Waals surface area contributed by atoms with Crippen LogP contribution in [0.2, 0.25) is 0 Å². The normalized spacial score (nSPS) is 18.5. The smallest absolute Gasteiger partial charge is 0.0636 e. The van der Waals surface area contributed by atoms with Crippen LogP contribution in [-0.2, 0) is 0 Å². The summed E-state index contributed by atoms with van der Waals surface area (Å²) >= 11 is 0. The summed E-state index contributed by atoms with van der Waals surface area (Å²) in [6.45, 7) is 3.36. The first kappa shape index (κ1) is 8.50. The molecule has 0 amide bonds. The number of aliphatic hydroxyl groups is 1. The Balaban J connectivity index is 2.04. The van der Waals surface area contributed by atoms with Crippen molar-refractivity contribution in [3.05, 3.63) is 23.8 Å². The van der Waals surface area contributed by atoms with Crippen molar-refractivity contribution >= 4 is 0 Å². The van der Waals surface area contributed by atoms with Gasteiger partial charge in [-0.3, -0.25) is 0 Å². The maximum atomic E-state index is 8.93. The Morgan fingerprint density at radius 2 is 2.55 bits per heavy atom. The highest BCUT2D eigenvalue weighted by Gasteiger charge is 1.99. The zero-order valence-electron chi connectivity index (χ0n) is 6.88. The number of aliphatic hydroxyl groups excluding tert-OH is 1. The second-order valence-electron chi connectivity index (χ2n) is 2.94. The third-order valence-corrected chi connectivity index (χ3v) is 1.64. The number of rotatable bonds is 4. The average Bonchev–Trinajstić information content (AvgIpc) is 2.39. The standard InChI is InChI=1S/C9H15NO/c1-8(11)6-10-7-9-4-2-3-5-9/h2-4,8,10-11H,5-7H2,1H3. The molecule has 0 fully saturated rings. The van der Waals surface area contributed by atoms with E-state index in [2.05, 4.69) is 23.5 Å². The van der Waals surface area contributed by atoms with Gasteiger partial charge in [-0.1, -0.05) is 23.8 Å². The third-order valence-electron chi connectivity index (χ3n) is 1.64. The first-order chi connectivity index (χ1) is 5.29. The van der Waals surface area contributed by atoms with E-state index < -0.39 is 0 Å². The molecular formula is C9H15NO. The lowest BCUT2D eigenvalue weighted by molar-refractivity contribution is 0.192. The van der Waals surface area contributed by atoms with Crippen LogP contribution in [0.25, 0.3) is 0 Å². The van der Waals surface area contributed by atoms with Crippen LogP contribution in [0.15, 0.2) is 23.8 Å². The molecule has 0 saturated heterocycles. The van der Waals surface area contributed by atoms with Crippen molar-refractivity contribution < 1.29 is 5.11 Å². The average molecular weight is 153 g/mol. The molecule has 1 aliphatic carbocycles. The second-order valence-corrected chi connectivity index (χ2v) is 2.94. The molecule has 0 saturated carbocycles. The predicted octanol–water partition coefficient (Wildman–Crippen LogP) is 0.843. The van der Waals surface area contributed by atoms with Crippen LogP contribution in [0.1, 0.15) is 13.3 Å². The van der Waals surface area contributed by atoms with Gasteiger partial charge in [0.25, 0.3) is 0 Å². The summed E-state index contributed by atoms with van der Waals surface area (Å²) in [5.41, 5.74) is 1.39. The van der Waals surface area contributed by atoms with E-state index in [9.17, 15) is 0 Å². The van der Waals surface area contributed by atoms with E-state index >= 15 is 0 Å². The summed E-state index contributed by atoms with van der Waals surface area (Å²) in [6, 6.07) is 0. The lowest BCUT2D eigenvalue weighted by Crippen LogP contribution is -2.25. The van der Waals surface area contributed by atoms with Crippen molar-refractivity contribution in [2.24, 2.45) is 0 Å². The van der Waals surface area contributed by atoms with E-state index in [0.717, 1.165) is 13.0 Å². The molecule has 2 N–H and O–H groups in total. The van der Waals surface area contributed by atoms with Crippen LogP contribution in [0, 0.1) is 0 Å². The summed E-state index contributed by atoms with van der Waals surface area (Å²) in [4.78, 5) is 0. The Hall–Kier alpha value is -0.600. The highest BCUT2D eigenvalue weighted by Crippen LogP contribution is 2.07. The summed E-state index contributed by atoms with van der Waals surface area (Å²) in [6.07, 6.45) is 7.14. The molecule has 0 bridgehead atoms. The van der Waals surface area contributed by atoms with Gasteiger partial charge in [0.2, 0.25) is 0 Å². The molecule has 0 aromatic carbocycles. The van der Waals surface area contributed by atoms with E-state index in [4.69, 9.17) is 5.11 Å². The topological polar surface area (TPSA) is 32.3 Å². The Kier molecular flexibility index (Phi) is 3.33. The number of hydrogen-bond donors (Lipinski definition) is 2. The molecule has 2 nitrogen and oxygen atoms in total. The van der Waals surface area contributed by atoms with E-state index in [-0.39, 0.29) is 6.10 Å². The lowest BCUT2D eigenvalue weighted by Gasteiger charge is -2.06. The minimum Gasteiger partial charge on any atom is -0.392 e. The minimum atomic E-state index is -0.245. The largest absolute Gasteiger partial charge is 0.392 e. The van der Waals surface area contributed by atoms with Gasteiger partial charge < -0.3 is 10.4 Å². The van der Waals surface area contributed by atoms with Gasteiger partial charge in [-0.25, -0.2) is 0 Å². The van der Waals surface area contributed by atoms with Gasteiger partial charge in [-0.05, 0) is 13.3 Å². The Labute approximate surface area is 67.6 Å². The van der Waals surface area contributed by atoms with Gasteiger partial charge >= 0.3 is 0 Å². The lowest BCUT2D eigenvalue weighted by atomic mass is 10.2. The molecule has 62 valence electrons. The summed E-state index contributed by atoms with van der Waals surface area (Å²) in [5, 5.41) is 12.1. The quantitative estimate of drug-likeness (QED) is 0.627. The van der Waals surface area contributed by atoms with Gasteiger partial charge in [0.05, 0.1) is 6.10 Å². The monoisotopic (exact) mass is 153 g/mol. The Morgan fingerprint density at radius 3 is 3.09 bits per heavy atom. The first-order valence-corrected chi connectivity index (χ1v) is 4.02. The molecule has 0 spiro atoms. The number of hydrogen-bond acceptors (Lipinski definition) is 2. The van der Waals surface area contributed by atoms with Crippen LogP contribution in [0.3, 0.4) is 0 Å². The second kappa shape index (κ2) is 4.31. The van der Waals surface area contributed by atoms with Crippen molar-refractivity contribution in [1.29, 1.82) is 0 Å². The van der Waals surface area contributed by atoms with Crippen molar-refractivity contribution in [3.63, 3.8) is 0 Å². The molecule has 1 unspecified atom stereocenters. The van der Waals surface area contributed by atoms with E-state index in [1.165, 1.54) is 5.57 Å².